The monoisotopic (exact) mass is 365 g/mol. The Bertz CT molecular complexity index is 822. The number of halogens is 2. The van der Waals surface area contributed by atoms with Gasteiger partial charge in [0.25, 0.3) is 5.91 Å². The molecule has 0 aliphatic carbocycles. The minimum atomic E-state index is -1.16. The van der Waals surface area contributed by atoms with Crippen molar-refractivity contribution in [3.8, 4) is 11.5 Å². The normalized spacial score (nSPS) is 13.2. The molecule has 130 valence electrons. The van der Waals surface area contributed by atoms with Crippen LogP contribution in [0.2, 0.25) is 5.02 Å². The third kappa shape index (κ3) is 3.66. The molecule has 0 fully saturated rings. The van der Waals surface area contributed by atoms with Gasteiger partial charge in [0.05, 0.1) is 5.02 Å². The van der Waals surface area contributed by atoms with Gasteiger partial charge in [0.1, 0.15) is 11.4 Å². The van der Waals surface area contributed by atoms with Gasteiger partial charge in [-0.3, -0.25) is 4.79 Å². The molecule has 6 nitrogen and oxygen atoms in total. The summed E-state index contributed by atoms with van der Waals surface area (Å²) in [5.41, 5.74) is 0.0352. The predicted molar refractivity (Wildman–Crippen MR) is 87.5 cm³/mol. The largest absolute Gasteiger partial charge is 0.454 e. The fourth-order valence-corrected chi connectivity index (χ4v) is 2.42. The Balaban J connectivity index is 1.65. The van der Waals surface area contributed by atoms with Gasteiger partial charge in [-0.2, -0.15) is 0 Å². The lowest BCUT2D eigenvalue weighted by Crippen LogP contribution is -2.30. The number of carbonyl (C=O) groups is 2. The quantitative estimate of drug-likeness (QED) is 0.841. The predicted octanol–water partition coefficient (Wildman–Crippen LogP) is 3.39. The molecule has 1 N–H and O–H groups in total. The van der Waals surface area contributed by atoms with Gasteiger partial charge in [0.15, 0.2) is 17.6 Å². The van der Waals surface area contributed by atoms with E-state index in [4.69, 9.17) is 25.8 Å². The molecule has 1 aliphatic rings. The lowest BCUT2D eigenvalue weighted by Gasteiger charge is -2.14. The molecular weight excluding hydrogens is 353 g/mol. The first kappa shape index (κ1) is 17.0. The highest BCUT2D eigenvalue weighted by atomic mass is 35.5. The number of fused-ring (bicyclic) bond motifs is 1. The van der Waals surface area contributed by atoms with Crippen LogP contribution in [0, 0.1) is 5.82 Å². The number of carbonyl (C=O) groups excluding carboxylic acids is 2. The standard InChI is InChI=1S/C17H13ClFNO5/c1-9(25-17(22)15-11(18)3-2-4-12(15)19)16(21)20-10-5-6-13-14(7-10)24-8-23-13/h2-7,9H,8H2,1H3,(H,20,21)/t9-/m0/s1. The molecule has 0 unspecified atom stereocenters. The molecule has 1 aliphatic heterocycles. The van der Waals surface area contributed by atoms with Crippen molar-refractivity contribution in [2.75, 3.05) is 12.1 Å². The number of anilines is 1. The topological polar surface area (TPSA) is 73.9 Å². The summed E-state index contributed by atoms with van der Waals surface area (Å²) in [5.74, 6) is -1.34. The van der Waals surface area contributed by atoms with Crippen LogP contribution in [0.3, 0.4) is 0 Å². The maximum Gasteiger partial charge on any atom is 0.343 e. The summed E-state index contributed by atoms with van der Waals surface area (Å²) in [6, 6.07) is 8.66. The SMILES string of the molecule is C[C@H](OC(=O)c1c(F)cccc1Cl)C(=O)Nc1ccc2c(c1)OCO2. The number of nitrogens with one attached hydrogen (secondary N) is 1. The number of esters is 1. The zero-order valence-electron chi connectivity index (χ0n) is 13.0. The Morgan fingerprint density at radius 2 is 2.00 bits per heavy atom. The first-order chi connectivity index (χ1) is 12.0. The summed E-state index contributed by atoms with van der Waals surface area (Å²) >= 11 is 5.80. The first-order valence-electron chi connectivity index (χ1n) is 7.31. The van der Waals surface area contributed by atoms with Crippen molar-refractivity contribution in [2.45, 2.75) is 13.0 Å². The van der Waals surface area contributed by atoms with Gasteiger partial charge >= 0.3 is 5.97 Å². The van der Waals surface area contributed by atoms with Gasteiger partial charge < -0.3 is 19.5 Å². The highest BCUT2D eigenvalue weighted by Gasteiger charge is 2.24. The molecule has 3 rings (SSSR count). The van der Waals surface area contributed by atoms with Crippen molar-refractivity contribution in [3.05, 3.63) is 52.8 Å². The van der Waals surface area contributed by atoms with E-state index in [9.17, 15) is 14.0 Å². The van der Waals surface area contributed by atoms with Gasteiger partial charge in [-0.15, -0.1) is 0 Å². The second kappa shape index (κ2) is 6.98. The highest BCUT2D eigenvalue weighted by molar-refractivity contribution is 6.33. The van der Waals surface area contributed by atoms with Crippen LogP contribution in [0.1, 0.15) is 17.3 Å². The molecule has 1 atom stereocenters. The Morgan fingerprint density at radius 3 is 2.76 bits per heavy atom. The van der Waals surface area contributed by atoms with Gasteiger partial charge in [0, 0.05) is 11.8 Å². The third-order valence-electron chi connectivity index (χ3n) is 3.46. The average molecular weight is 366 g/mol. The molecule has 25 heavy (non-hydrogen) atoms. The second-order valence-electron chi connectivity index (χ2n) is 5.20. The Kier molecular flexibility index (Phi) is 4.76. The highest BCUT2D eigenvalue weighted by Crippen LogP contribution is 2.34. The number of rotatable bonds is 4. The van der Waals surface area contributed by atoms with Crippen LogP contribution in [0.25, 0.3) is 0 Å². The number of hydrogen-bond acceptors (Lipinski definition) is 5. The Labute approximate surface area is 147 Å². The second-order valence-corrected chi connectivity index (χ2v) is 5.61. The summed E-state index contributed by atoms with van der Waals surface area (Å²) in [4.78, 5) is 24.2. The van der Waals surface area contributed by atoms with E-state index < -0.39 is 29.4 Å². The zero-order chi connectivity index (χ0) is 18.0. The molecular formula is C17H13ClFNO5. The van der Waals surface area contributed by atoms with Crippen LogP contribution < -0.4 is 14.8 Å². The van der Waals surface area contributed by atoms with E-state index in [0.29, 0.717) is 17.2 Å². The number of benzene rings is 2. The number of hydrogen-bond donors (Lipinski definition) is 1. The molecule has 0 spiro atoms. The minimum Gasteiger partial charge on any atom is -0.454 e. The summed E-state index contributed by atoms with van der Waals surface area (Å²) in [6.45, 7) is 1.49. The maximum atomic E-state index is 13.7. The van der Waals surface area contributed by atoms with Gasteiger partial charge in [0.2, 0.25) is 6.79 Å². The molecule has 1 amide bonds. The van der Waals surface area contributed by atoms with Gasteiger partial charge in [-0.1, -0.05) is 17.7 Å². The molecule has 0 bridgehead atoms. The smallest absolute Gasteiger partial charge is 0.343 e. The summed E-state index contributed by atoms with van der Waals surface area (Å²) in [7, 11) is 0. The van der Waals surface area contributed by atoms with E-state index in [-0.39, 0.29) is 11.8 Å². The van der Waals surface area contributed by atoms with Crippen LogP contribution in [-0.4, -0.2) is 24.8 Å². The Morgan fingerprint density at radius 1 is 1.24 bits per heavy atom. The Hall–Kier alpha value is -2.80. The molecule has 1 heterocycles. The lowest BCUT2D eigenvalue weighted by atomic mass is 10.2. The van der Waals surface area contributed by atoms with Crippen LogP contribution >= 0.6 is 11.6 Å². The fourth-order valence-electron chi connectivity index (χ4n) is 2.18. The van der Waals surface area contributed by atoms with Crippen molar-refractivity contribution >= 4 is 29.2 Å². The molecule has 8 heteroatoms. The first-order valence-corrected chi connectivity index (χ1v) is 7.69. The van der Waals surface area contributed by atoms with E-state index in [1.165, 1.54) is 19.1 Å². The lowest BCUT2D eigenvalue weighted by molar-refractivity contribution is -0.123. The number of ether oxygens (including phenoxy) is 3. The molecule has 0 saturated carbocycles. The van der Waals surface area contributed by atoms with Crippen LogP contribution in [-0.2, 0) is 9.53 Å². The van der Waals surface area contributed by atoms with E-state index in [1.54, 1.807) is 18.2 Å². The van der Waals surface area contributed by atoms with Crippen LogP contribution in [0.15, 0.2) is 36.4 Å². The van der Waals surface area contributed by atoms with Crippen molar-refractivity contribution in [1.82, 2.24) is 0 Å². The third-order valence-corrected chi connectivity index (χ3v) is 3.78. The van der Waals surface area contributed by atoms with Crippen LogP contribution in [0.5, 0.6) is 11.5 Å². The van der Waals surface area contributed by atoms with Crippen molar-refractivity contribution in [1.29, 1.82) is 0 Å². The molecule has 0 saturated heterocycles. The molecule has 2 aromatic rings. The summed E-state index contributed by atoms with van der Waals surface area (Å²) in [6.07, 6.45) is -1.16. The fraction of sp³-hybridized carbons (Fsp3) is 0.176. The van der Waals surface area contributed by atoms with Crippen molar-refractivity contribution in [2.24, 2.45) is 0 Å². The van der Waals surface area contributed by atoms with Crippen molar-refractivity contribution in [3.63, 3.8) is 0 Å². The molecule has 2 aromatic carbocycles. The van der Waals surface area contributed by atoms with E-state index in [2.05, 4.69) is 5.32 Å². The zero-order valence-corrected chi connectivity index (χ0v) is 13.8. The minimum absolute atomic E-state index is 0.0895. The molecule has 0 aromatic heterocycles. The average Bonchev–Trinajstić information content (AvgIpc) is 3.02. The maximum absolute atomic E-state index is 13.7. The van der Waals surface area contributed by atoms with Gasteiger partial charge in [-0.05, 0) is 31.2 Å². The van der Waals surface area contributed by atoms with Crippen LogP contribution in [0.4, 0.5) is 10.1 Å². The van der Waals surface area contributed by atoms with E-state index in [0.717, 1.165) is 6.07 Å². The van der Waals surface area contributed by atoms with E-state index in [1.807, 2.05) is 0 Å². The summed E-state index contributed by atoms with van der Waals surface area (Å²) < 4.78 is 29.1. The molecule has 0 radical (unpaired) electrons. The van der Waals surface area contributed by atoms with E-state index >= 15 is 0 Å². The summed E-state index contributed by atoms with van der Waals surface area (Å²) in [5, 5.41) is 2.49. The number of amides is 1. The van der Waals surface area contributed by atoms with Crippen molar-refractivity contribution < 1.29 is 28.2 Å². The van der Waals surface area contributed by atoms with Gasteiger partial charge in [-0.25, -0.2) is 9.18 Å².